The molecule has 0 bridgehead atoms. The minimum atomic E-state index is -0.551. The summed E-state index contributed by atoms with van der Waals surface area (Å²) in [6, 6.07) is 6.63. The normalized spacial score (nSPS) is 22.0. The number of nitro benzene ring substituents is 1. The number of para-hydroxylation sites is 1. The highest BCUT2D eigenvalue weighted by Crippen LogP contribution is 2.33. The molecule has 1 aromatic carbocycles. The van der Waals surface area contributed by atoms with Crippen LogP contribution in [0.15, 0.2) is 18.2 Å². The Kier molecular flexibility index (Phi) is 4.53. The maximum Gasteiger partial charge on any atom is 0.328 e. The average Bonchev–Trinajstić information content (AvgIpc) is 2.47. The number of hydrogen-bond acceptors (Lipinski definition) is 5. The first-order chi connectivity index (χ1) is 9.67. The lowest BCUT2D eigenvalue weighted by atomic mass is 9.92. The summed E-state index contributed by atoms with van der Waals surface area (Å²) in [7, 11) is 1.87. The highest BCUT2D eigenvalue weighted by atomic mass is 16.6. The summed E-state index contributed by atoms with van der Waals surface area (Å²) in [5.41, 5.74) is -0.209. The molecule has 6 heteroatoms. The van der Waals surface area contributed by atoms with E-state index in [9.17, 15) is 10.1 Å². The number of benzene rings is 1. The fraction of sp³-hybridized carbons (Fsp3) is 0.500. The van der Waals surface area contributed by atoms with Crippen LogP contribution in [0.1, 0.15) is 31.2 Å². The number of ether oxygens (including phenoxy) is 1. The molecule has 1 N–H and O–H groups in total. The molecule has 2 atom stereocenters. The lowest BCUT2D eigenvalue weighted by Crippen LogP contribution is -2.43. The Morgan fingerprint density at radius 2 is 2.20 bits per heavy atom. The van der Waals surface area contributed by atoms with Gasteiger partial charge in [-0.15, -0.1) is 0 Å². The van der Waals surface area contributed by atoms with Crippen LogP contribution in [-0.2, 0) is 0 Å². The van der Waals surface area contributed by atoms with Crippen LogP contribution in [0.3, 0.4) is 0 Å². The average molecular weight is 275 g/mol. The molecule has 0 heterocycles. The van der Waals surface area contributed by atoms with Gasteiger partial charge >= 0.3 is 5.69 Å². The summed E-state index contributed by atoms with van der Waals surface area (Å²) in [4.78, 5) is 10.6. The topological polar surface area (TPSA) is 88.2 Å². The summed E-state index contributed by atoms with van der Waals surface area (Å²) in [6.07, 6.45) is 3.94. The number of nitrogens with zero attached hydrogens (tertiary/aromatic N) is 2. The molecule has 1 saturated carbocycles. The summed E-state index contributed by atoms with van der Waals surface area (Å²) >= 11 is 0. The molecular formula is C14H17N3O3. The van der Waals surface area contributed by atoms with Crippen LogP contribution in [0, 0.1) is 21.4 Å². The molecule has 1 aromatic rings. The summed E-state index contributed by atoms with van der Waals surface area (Å²) in [5, 5.41) is 23.3. The van der Waals surface area contributed by atoms with E-state index < -0.39 is 4.92 Å². The third kappa shape index (κ3) is 2.89. The third-order valence-corrected chi connectivity index (χ3v) is 3.65. The third-order valence-electron chi connectivity index (χ3n) is 3.65. The van der Waals surface area contributed by atoms with Gasteiger partial charge in [0.2, 0.25) is 0 Å². The van der Waals surface area contributed by atoms with Gasteiger partial charge < -0.3 is 10.1 Å². The van der Waals surface area contributed by atoms with Gasteiger partial charge in [0.1, 0.15) is 17.7 Å². The Balaban J connectivity index is 2.29. The predicted octanol–water partition coefficient (Wildman–Crippen LogP) is 2.38. The maximum absolute atomic E-state index is 11.2. The van der Waals surface area contributed by atoms with Crippen LogP contribution in [0.4, 0.5) is 5.69 Å². The van der Waals surface area contributed by atoms with Crippen molar-refractivity contribution in [3.8, 4) is 11.8 Å². The van der Waals surface area contributed by atoms with Crippen molar-refractivity contribution >= 4 is 5.69 Å². The van der Waals surface area contributed by atoms with Gasteiger partial charge in [0.05, 0.1) is 4.92 Å². The van der Waals surface area contributed by atoms with Gasteiger partial charge in [-0.05, 0) is 38.4 Å². The Hall–Kier alpha value is -2.13. The van der Waals surface area contributed by atoms with Crippen molar-refractivity contribution in [2.45, 2.75) is 37.8 Å². The lowest BCUT2D eigenvalue weighted by molar-refractivity contribution is -0.386. The Labute approximate surface area is 117 Å². The van der Waals surface area contributed by atoms with E-state index in [0.717, 1.165) is 25.7 Å². The van der Waals surface area contributed by atoms with Gasteiger partial charge in [0, 0.05) is 6.04 Å². The Bertz CT molecular complexity index is 539. The number of nitro groups is 1. The highest BCUT2D eigenvalue weighted by molar-refractivity contribution is 5.58. The van der Waals surface area contributed by atoms with Crippen LogP contribution in [-0.4, -0.2) is 24.1 Å². The van der Waals surface area contributed by atoms with E-state index >= 15 is 0 Å². The fourth-order valence-corrected chi connectivity index (χ4v) is 2.63. The molecule has 6 nitrogen and oxygen atoms in total. The monoisotopic (exact) mass is 275 g/mol. The zero-order valence-electron chi connectivity index (χ0n) is 11.3. The molecule has 0 radical (unpaired) electrons. The molecule has 1 fully saturated rings. The van der Waals surface area contributed by atoms with E-state index in [0.29, 0.717) is 0 Å². The van der Waals surface area contributed by atoms with E-state index in [2.05, 4.69) is 5.32 Å². The van der Waals surface area contributed by atoms with Crippen molar-refractivity contribution < 1.29 is 9.66 Å². The molecule has 0 aliphatic heterocycles. The molecule has 106 valence electrons. The standard InChI is InChI=1S/C14H17N3O3/c1-16-11-6-2-3-7-12(11)20-13-8-4-5-10(9-15)14(13)17(18)19/h4-5,8,11-12,16H,2-3,6-7H2,1H3. The molecular weight excluding hydrogens is 258 g/mol. The van der Waals surface area contributed by atoms with E-state index in [-0.39, 0.29) is 29.1 Å². The molecule has 2 rings (SSSR count). The molecule has 0 saturated heterocycles. The number of hydrogen-bond donors (Lipinski definition) is 1. The summed E-state index contributed by atoms with van der Waals surface area (Å²) in [5.74, 6) is 0.182. The van der Waals surface area contributed by atoms with Crippen LogP contribution in [0.2, 0.25) is 0 Å². The molecule has 0 amide bonds. The van der Waals surface area contributed by atoms with E-state index in [1.165, 1.54) is 6.07 Å². The van der Waals surface area contributed by atoms with Gasteiger partial charge in [-0.2, -0.15) is 5.26 Å². The van der Waals surface area contributed by atoms with Gasteiger partial charge in [-0.1, -0.05) is 12.5 Å². The zero-order valence-corrected chi connectivity index (χ0v) is 11.3. The van der Waals surface area contributed by atoms with Crippen LogP contribution < -0.4 is 10.1 Å². The minimum Gasteiger partial charge on any atom is -0.482 e. The van der Waals surface area contributed by atoms with Gasteiger partial charge in [-0.3, -0.25) is 10.1 Å². The SMILES string of the molecule is CNC1CCCCC1Oc1cccc(C#N)c1[N+](=O)[O-]. The number of likely N-dealkylation sites (N-methyl/N-ethyl adjacent to an activating group) is 1. The Morgan fingerprint density at radius 3 is 2.85 bits per heavy atom. The van der Waals surface area contributed by atoms with E-state index in [1.54, 1.807) is 12.1 Å². The van der Waals surface area contributed by atoms with E-state index in [1.807, 2.05) is 13.1 Å². The molecule has 0 aromatic heterocycles. The van der Waals surface area contributed by atoms with Crippen LogP contribution in [0.25, 0.3) is 0 Å². The minimum absolute atomic E-state index is 0.0318. The second kappa shape index (κ2) is 6.35. The summed E-state index contributed by atoms with van der Waals surface area (Å²) < 4.78 is 5.84. The zero-order chi connectivity index (χ0) is 14.5. The Morgan fingerprint density at radius 1 is 1.45 bits per heavy atom. The van der Waals surface area contributed by atoms with Crippen molar-refractivity contribution in [2.75, 3.05) is 7.05 Å². The van der Waals surface area contributed by atoms with Gasteiger partial charge in [0.25, 0.3) is 0 Å². The molecule has 1 aliphatic rings. The highest BCUT2D eigenvalue weighted by Gasteiger charge is 2.29. The molecule has 20 heavy (non-hydrogen) atoms. The number of rotatable bonds is 4. The second-order valence-electron chi connectivity index (χ2n) is 4.86. The number of nitriles is 1. The fourth-order valence-electron chi connectivity index (χ4n) is 2.63. The first-order valence-electron chi connectivity index (χ1n) is 6.68. The quantitative estimate of drug-likeness (QED) is 0.673. The van der Waals surface area contributed by atoms with Crippen molar-refractivity contribution in [1.82, 2.24) is 5.32 Å². The molecule has 0 spiro atoms. The van der Waals surface area contributed by atoms with Gasteiger partial charge in [0.15, 0.2) is 5.75 Å². The van der Waals surface area contributed by atoms with Crippen molar-refractivity contribution in [3.63, 3.8) is 0 Å². The van der Waals surface area contributed by atoms with Gasteiger partial charge in [-0.25, -0.2) is 0 Å². The predicted molar refractivity (Wildman–Crippen MR) is 73.5 cm³/mol. The number of nitrogens with one attached hydrogen (secondary N) is 1. The van der Waals surface area contributed by atoms with Crippen molar-refractivity contribution in [1.29, 1.82) is 5.26 Å². The van der Waals surface area contributed by atoms with E-state index in [4.69, 9.17) is 10.00 Å². The first-order valence-corrected chi connectivity index (χ1v) is 6.68. The lowest BCUT2D eigenvalue weighted by Gasteiger charge is -2.31. The largest absolute Gasteiger partial charge is 0.482 e. The van der Waals surface area contributed by atoms with Crippen LogP contribution in [0.5, 0.6) is 5.75 Å². The second-order valence-corrected chi connectivity index (χ2v) is 4.86. The smallest absolute Gasteiger partial charge is 0.328 e. The van der Waals surface area contributed by atoms with Crippen LogP contribution >= 0.6 is 0 Å². The molecule has 1 aliphatic carbocycles. The van der Waals surface area contributed by atoms with Crippen molar-refractivity contribution in [2.24, 2.45) is 0 Å². The molecule has 2 unspecified atom stereocenters. The first kappa shape index (κ1) is 14.3. The summed E-state index contributed by atoms with van der Waals surface area (Å²) in [6.45, 7) is 0. The van der Waals surface area contributed by atoms with Crippen molar-refractivity contribution in [3.05, 3.63) is 33.9 Å². The maximum atomic E-state index is 11.2.